The molecule has 2 aliphatic rings. The normalized spacial score (nSPS) is 24.8. The second kappa shape index (κ2) is 9.61. The van der Waals surface area contributed by atoms with Gasteiger partial charge in [-0.2, -0.15) is 0 Å². The van der Waals surface area contributed by atoms with E-state index >= 15 is 0 Å². The van der Waals surface area contributed by atoms with Gasteiger partial charge in [0.05, 0.1) is 15.7 Å². The van der Waals surface area contributed by atoms with Gasteiger partial charge in [0.1, 0.15) is 0 Å². The molecule has 1 aliphatic carbocycles. The van der Waals surface area contributed by atoms with Crippen LogP contribution in [-0.2, 0) is 0 Å². The van der Waals surface area contributed by atoms with Gasteiger partial charge < -0.3 is 4.90 Å². The molecule has 0 aromatic heterocycles. The SMILES string of the molecule is CCCC1CCC(CCN2CCN(c3ccc(Cl)c(Cl)c3F)CC2)CC1. The van der Waals surface area contributed by atoms with Gasteiger partial charge in [0, 0.05) is 26.2 Å². The minimum absolute atomic E-state index is 0.0327. The fourth-order valence-corrected chi connectivity index (χ4v) is 4.86. The molecule has 3 rings (SSSR count). The molecule has 146 valence electrons. The third-order valence-corrected chi connectivity index (χ3v) is 7.03. The number of piperazine rings is 1. The molecule has 1 saturated heterocycles. The Kier molecular flexibility index (Phi) is 7.48. The van der Waals surface area contributed by atoms with Crippen LogP contribution in [0.3, 0.4) is 0 Å². The zero-order valence-electron chi connectivity index (χ0n) is 15.8. The summed E-state index contributed by atoms with van der Waals surface area (Å²) in [5, 5.41) is 0.311. The Balaban J connectivity index is 1.41. The van der Waals surface area contributed by atoms with Crippen LogP contribution in [0.15, 0.2) is 12.1 Å². The molecule has 0 spiro atoms. The molecule has 2 fully saturated rings. The Bertz CT molecular complexity index is 580. The molecule has 0 radical (unpaired) electrons. The zero-order chi connectivity index (χ0) is 18.5. The largest absolute Gasteiger partial charge is 0.367 e. The second-order valence-corrected chi connectivity index (χ2v) is 8.77. The highest BCUT2D eigenvalue weighted by atomic mass is 35.5. The van der Waals surface area contributed by atoms with Crippen molar-refractivity contribution in [3.8, 4) is 0 Å². The van der Waals surface area contributed by atoms with Crippen molar-refractivity contribution in [3.05, 3.63) is 28.0 Å². The average molecular weight is 401 g/mol. The second-order valence-electron chi connectivity index (χ2n) is 7.99. The van der Waals surface area contributed by atoms with Crippen molar-refractivity contribution >= 4 is 28.9 Å². The van der Waals surface area contributed by atoms with Crippen molar-refractivity contribution in [2.45, 2.75) is 51.9 Å². The standard InChI is InChI=1S/C21H31Cl2FN2/c1-2-3-16-4-6-17(7-5-16)10-11-25-12-14-26(15-13-25)19-9-8-18(22)20(23)21(19)24/h8-9,16-17H,2-7,10-15H2,1H3. The third-order valence-electron chi connectivity index (χ3n) is 6.24. The number of hydrogen-bond acceptors (Lipinski definition) is 2. The summed E-state index contributed by atoms with van der Waals surface area (Å²) >= 11 is 11.8. The van der Waals surface area contributed by atoms with E-state index in [1.807, 2.05) is 0 Å². The summed E-state index contributed by atoms with van der Waals surface area (Å²) in [5.41, 5.74) is 0.577. The first-order chi connectivity index (χ1) is 12.6. The van der Waals surface area contributed by atoms with E-state index in [1.165, 1.54) is 51.5 Å². The summed E-state index contributed by atoms with van der Waals surface area (Å²) in [4.78, 5) is 4.62. The molecule has 26 heavy (non-hydrogen) atoms. The molecule has 0 unspecified atom stereocenters. The molecule has 1 heterocycles. The highest BCUT2D eigenvalue weighted by Crippen LogP contribution is 2.34. The van der Waals surface area contributed by atoms with Crippen LogP contribution in [0.5, 0.6) is 0 Å². The van der Waals surface area contributed by atoms with Crippen molar-refractivity contribution in [1.82, 2.24) is 4.90 Å². The lowest BCUT2D eigenvalue weighted by Gasteiger charge is -2.37. The lowest BCUT2D eigenvalue weighted by molar-refractivity contribution is 0.200. The van der Waals surface area contributed by atoms with Crippen LogP contribution in [0.4, 0.5) is 10.1 Å². The summed E-state index contributed by atoms with van der Waals surface area (Å²) in [6.07, 6.45) is 9.77. The van der Waals surface area contributed by atoms with Crippen LogP contribution >= 0.6 is 23.2 Å². The van der Waals surface area contributed by atoms with Crippen molar-refractivity contribution in [3.63, 3.8) is 0 Å². The van der Waals surface area contributed by atoms with E-state index in [9.17, 15) is 4.39 Å². The number of nitrogens with zero attached hydrogens (tertiary/aromatic N) is 2. The van der Waals surface area contributed by atoms with Crippen molar-refractivity contribution in [2.24, 2.45) is 11.8 Å². The number of hydrogen-bond donors (Lipinski definition) is 0. The zero-order valence-corrected chi connectivity index (χ0v) is 17.3. The monoisotopic (exact) mass is 400 g/mol. The molecule has 1 saturated carbocycles. The van der Waals surface area contributed by atoms with E-state index < -0.39 is 5.82 Å². The van der Waals surface area contributed by atoms with E-state index in [1.54, 1.807) is 12.1 Å². The van der Waals surface area contributed by atoms with Gasteiger partial charge in [-0.1, -0.05) is 68.7 Å². The molecule has 0 atom stereocenters. The van der Waals surface area contributed by atoms with Gasteiger partial charge in [-0.3, -0.25) is 4.90 Å². The number of benzene rings is 1. The maximum atomic E-state index is 14.3. The van der Waals surface area contributed by atoms with Crippen molar-refractivity contribution in [2.75, 3.05) is 37.6 Å². The maximum Gasteiger partial charge on any atom is 0.166 e. The topological polar surface area (TPSA) is 6.48 Å². The lowest BCUT2D eigenvalue weighted by atomic mass is 9.79. The highest BCUT2D eigenvalue weighted by Gasteiger charge is 2.24. The van der Waals surface area contributed by atoms with Gasteiger partial charge in [-0.25, -0.2) is 4.39 Å². The Morgan fingerprint density at radius 2 is 1.58 bits per heavy atom. The predicted molar refractivity (Wildman–Crippen MR) is 110 cm³/mol. The Hall–Kier alpha value is -0.510. The van der Waals surface area contributed by atoms with Crippen LogP contribution in [0.25, 0.3) is 0 Å². The number of halogens is 3. The lowest BCUT2D eigenvalue weighted by Crippen LogP contribution is -2.47. The van der Waals surface area contributed by atoms with Crippen molar-refractivity contribution < 1.29 is 4.39 Å². The van der Waals surface area contributed by atoms with Gasteiger partial charge in [0.15, 0.2) is 5.82 Å². The number of rotatable bonds is 6. The van der Waals surface area contributed by atoms with E-state index in [4.69, 9.17) is 23.2 Å². The minimum Gasteiger partial charge on any atom is -0.367 e. The van der Waals surface area contributed by atoms with Crippen LogP contribution in [0.2, 0.25) is 10.0 Å². The summed E-state index contributed by atoms with van der Waals surface area (Å²) < 4.78 is 14.3. The first-order valence-electron chi connectivity index (χ1n) is 10.2. The summed E-state index contributed by atoms with van der Waals surface area (Å²) in [6.45, 7) is 7.16. The number of anilines is 1. The molecular formula is C21H31Cl2FN2. The quantitative estimate of drug-likeness (QED) is 0.520. The molecular weight excluding hydrogens is 370 g/mol. The van der Waals surface area contributed by atoms with Gasteiger partial charge in [0.25, 0.3) is 0 Å². The molecule has 1 aromatic carbocycles. The fraction of sp³-hybridized carbons (Fsp3) is 0.714. The van der Waals surface area contributed by atoms with Crippen LogP contribution in [0, 0.1) is 17.7 Å². The summed E-state index contributed by atoms with van der Waals surface area (Å²) in [5.74, 6) is 1.51. The molecule has 0 N–H and O–H groups in total. The van der Waals surface area contributed by atoms with E-state index in [0.29, 0.717) is 5.69 Å². The molecule has 1 aliphatic heterocycles. The Labute approximate surface area is 167 Å². The smallest absolute Gasteiger partial charge is 0.166 e. The average Bonchev–Trinajstić information content (AvgIpc) is 2.67. The van der Waals surface area contributed by atoms with Crippen LogP contribution in [-0.4, -0.2) is 37.6 Å². The Morgan fingerprint density at radius 1 is 0.962 bits per heavy atom. The van der Waals surface area contributed by atoms with E-state index in [2.05, 4.69) is 16.7 Å². The molecule has 0 amide bonds. The van der Waals surface area contributed by atoms with Gasteiger partial charge >= 0.3 is 0 Å². The summed E-state index contributed by atoms with van der Waals surface area (Å²) in [6, 6.07) is 3.43. The molecule has 1 aromatic rings. The predicted octanol–water partition coefficient (Wildman–Crippen LogP) is 6.25. The maximum absolute atomic E-state index is 14.3. The highest BCUT2D eigenvalue weighted by molar-refractivity contribution is 6.42. The Morgan fingerprint density at radius 3 is 2.19 bits per heavy atom. The van der Waals surface area contributed by atoms with E-state index in [-0.39, 0.29) is 10.0 Å². The van der Waals surface area contributed by atoms with Gasteiger partial charge in [0.2, 0.25) is 0 Å². The van der Waals surface area contributed by atoms with Gasteiger partial charge in [-0.15, -0.1) is 0 Å². The van der Waals surface area contributed by atoms with Crippen LogP contribution < -0.4 is 4.90 Å². The fourth-order valence-electron chi connectivity index (χ4n) is 4.55. The third kappa shape index (κ3) is 5.05. The molecule has 0 bridgehead atoms. The van der Waals surface area contributed by atoms with Crippen LogP contribution in [0.1, 0.15) is 51.9 Å². The van der Waals surface area contributed by atoms with E-state index in [0.717, 1.165) is 38.0 Å². The first kappa shape index (κ1) is 20.2. The first-order valence-corrected chi connectivity index (χ1v) is 10.9. The summed E-state index contributed by atoms with van der Waals surface area (Å²) in [7, 11) is 0. The minimum atomic E-state index is -0.392. The van der Waals surface area contributed by atoms with Crippen molar-refractivity contribution in [1.29, 1.82) is 0 Å². The van der Waals surface area contributed by atoms with Gasteiger partial charge in [-0.05, 0) is 36.9 Å². The molecule has 5 heteroatoms. The molecule has 2 nitrogen and oxygen atoms in total.